The van der Waals surface area contributed by atoms with Gasteiger partial charge in [-0.1, -0.05) is 13.0 Å². The third-order valence-electron chi connectivity index (χ3n) is 4.77. The van der Waals surface area contributed by atoms with Crippen LogP contribution in [0.2, 0.25) is 0 Å². The summed E-state index contributed by atoms with van der Waals surface area (Å²) in [5, 5.41) is 4.32. The number of likely N-dealkylation sites (tertiary alicyclic amines) is 1. The van der Waals surface area contributed by atoms with Crippen molar-refractivity contribution in [3.05, 3.63) is 47.5 Å². The summed E-state index contributed by atoms with van der Waals surface area (Å²) >= 11 is 0. The number of carbonyl (C=O) groups is 2. The van der Waals surface area contributed by atoms with Gasteiger partial charge in [-0.05, 0) is 38.3 Å². The Labute approximate surface area is 147 Å². The molecule has 1 aliphatic heterocycles. The topological polar surface area (TPSA) is 68.1 Å². The minimum absolute atomic E-state index is 0.0245. The number of nitrogens with zero attached hydrogens (tertiary/aromatic N) is 4. The molecule has 0 bridgehead atoms. The molecule has 1 aliphatic rings. The second-order valence-corrected chi connectivity index (χ2v) is 6.54. The molecule has 3 heterocycles. The number of amides is 1. The van der Waals surface area contributed by atoms with E-state index in [1.807, 2.05) is 17.7 Å². The van der Waals surface area contributed by atoms with Crippen LogP contribution in [0, 0.1) is 12.8 Å². The molecule has 6 heteroatoms. The minimum Gasteiger partial charge on any atom is -0.338 e. The van der Waals surface area contributed by atoms with E-state index in [0.717, 1.165) is 31.5 Å². The quantitative estimate of drug-likeness (QED) is 0.785. The Morgan fingerprint density at radius 3 is 2.88 bits per heavy atom. The lowest BCUT2D eigenvalue weighted by Crippen LogP contribution is -2.42. The van der Waals surface area contributed by atoms with Gasteiger partial charge in [0, 0.05) is 37.4 Å². The lowest BCUT2D eigenvalue weighted by atomic mass is 9.91. The molecule has 2 aromatic rings. The second-order valence-electron chi connectivity index (χ2n) is 6.54. The molecule has 132 valence electrons. The molecule has 0 radical (unpaired) electrons. The third kappa shape index (κ3) is 3.62. The maximum Gasteiger partial charge on any atom is 0.257 e. The number of pyridine rings is 1. The Morgan fingerprint density at radius 1 is 1.32 bits per heavy atom. The Balaban J connectivity index is 1.73. The van der Waals surface area contributed by atoms with Crippen molar-refractivity contribution >= 4 is 11.7 Å². The van der Waals surface area contributed by atoms with Gasteiger partial charge in [0.15, 0.2) is 5.78 Å². The molecule has 0 aliphatic carbocycles. The highest BCUT2D eigenvalue weighted by Crippen LogP contribution is 2.22. The number of hydrogen-bond acceptors (Lipinski definition) is 4. The lowest BCUT2D eigenvalue weighted by Gasteiger charge is -2.31. The molecule has 0 unspecified atom stereocenters. The van der Waals surface area contributed by atoms with Gasteiger partial charge in [0.1, 0.15) is 5.69 Å². The highest BCUT2D eigenvalue weighted by molar-refractivity contribution is 5.98. The van der Waals surface area contributed by atoms with E-state index in [9.17, 15) is 9.59 Å². The highest BCUT2D eigenvalue weighted by atomic mass is 16.2. The molecule has 3 rings (SSSR count). The van der Waals surface area contributed by atoms with Gasteiger partial charge in [-0.25, -0.2) is 0 Å². The van der Waals surface area contributed by atoms with Gasteiger partial charge in [0.25, 0.3) is 5.91 Å². The lowest BCUT2D eigenvalue weighted by molar-refractivity contribution is 0.0634. The van der Waals surface area contributed by atoms with Crippen molar-refractivity contribution in [3.8, 4) is 0 Å². The van der Waals surface area contributed by atoms with Crippen LogP contribution in [0.5, 0.6) is 0 Å². The van der Waals surface area contributed by atoms with E-state index in [4.69, 9.17) is 0 Å². The average Bonchev–Trinajstić information content (AvgIpc) is 3.02. The van der Waals surface area contributed by atoms with E-state index < -0.39 is 0 Å². The van der Waals surface area contributed by atoms with Crippen molar-refractivity contribution in [2.75, 3.05) is 13.1 Å². The molecule has 25 heavy (non-hydrogen) atoms. The average molecular weight is 340 g/mol. The van der Waals surface area contributed by atoms with E-state index in [2.05, 4.69) is 17.0 Å². The molecule has 6 nitrogen and oxygen atoms in total. The van der Waals surface area contributed by atoms with E-state index in [1.54, 1.807) is 29.4 Å². The van der Waals surface area contributed by atoms with Crippen LogP contribution < -0.4 is 0 Å². The van der Waals surface area contributed by atoms with Gasteiger partial charge in [-0.2, -0.15) is 5.10 Å². The Morgan fingerprint density at radius 2 is 2.16 bits per heavy atom. The molecule has 1 saturated heterocycles. The number of aryl methyl sites for hydroxylation is 1. The van der Waals surface area contributed by atoms with Crippen LogP contribution in [-0.2, 0) is 6.54 Å². The Bertz CT molecular complexity index is 754. The summed E-state index contributed by atoms with van der Waals surface area (Å²) in [6.07, 6.45) is 5.88. The second kappa shape index (κ2) is 7.59. The predicted octanol–water partition coefficient (Wildman–Crippen LogP) is 2.73. The van der Waals surface area contributed by atoms with Crippen LogP contribution in [0.25, 0.3) is 0 Å². The van der Waals surface area contributed by atoms with Crippen molar-refractivity contribution in [1.29, 1.82) is 0 Å². The maximum atomic E-state index is 12.9. The van der Waals surface area contributed by atoms with Crippen LogP contribution in [0.3, 0.4) is 0 Å². The van der Waals surface area contributed by atoms with Gasteiger partial charge in [0.05, 0.1) is 11.8 Å². The van der Waals surface area contributed by atoms with Crippen LogP contribution in [0.1, 0.15) is 52.7 Å². The van der Waals surface area contributed by atoms with Gasteiger partial charge < -0.3 is 4.90 Å². The van der Waals surface area contributed by atoms with Crippen LogP contribution in [0.15, 0.2) is 30.6 Å². The van der Waals surface area contributed by atoms with E-state index in [-0.39, 0.29) is 17.6 Å². The fourth-order valence-electron chi connectivity index (χ4n) is 3.36. The highest BCUT2D eigenvalue weighted by Gasteiger charge is 2.31. The SMILES string of the molecule is CCCn1ncc(C(=O)N2CCC[C@@H](C(=O)c3ccccn3)C2)c1C. The molecule has 1 atom stereocenters. The zero-order valence-electron chi connectivity index (χ0n) is 14.8. The first-order chi connectivity index (χ1) is 12.1. The monoisotopic (exact) mass is 340 g/mol. The largest absolute Gasteiger partial charge is 0.338 e. The number of carbonyl (C=O) groups excluding carboxylic acids is 2. The van der Waals surface area contributed by atoms with Crippen molar-refractivity contribution in [2.24, 2.45) is 5.92 Å². The van der Waals surface area contributed by atoms with Crippen molar-refractivity contribution < 1.29 is 9.59 Å². The van der Waals surface area contributed by atoms with Crippen LogP contribution >= 0.6 is 0 Å². The van der Waals surface area contributed by atoms with Gasteiger partial charge in [0.2, 0.25) is 0 Å². The number of piperidine rings is 1. The first kappa shape index (κ1) is 17.3. The molecule has 0 N–H and O–H groups in total. The summed E-state index contributed by atoms with van der Waals surface area (Å²) in [7, 11) is 0. The summed E-state index contributed by atoms with van der Waals surface area (Å²) in [6.45, 7) is 5.95. The fourth-order valence-corrected chi connectivity index (χ4v) is 3.36. The normalized spacial score (nSPS) is 17.5. The molecule has 1 amide bonds. The third-order valence-corrected chi connectivity index (χ3v) is 4.77. The van der Waals surface area contributed by atoms with E-state index in [0.29, 0.717) is 24.3 Å². The van der Waals surface area contributed by atoms with Crippen molar-refractivity contribution in [3.63, 3.8) is 0 Å². The van der Waals surface area contributed by atoms with Gasteiger partial charge in [-0.15, -0.1) is 0 Å². The zero-order valence-corrected chi connectivity index (χ0v) is 14.8. The van der Waals surface area contributed by atoms with Gasteiger partial charge >= 0.3 is 0 Å². The van der Waals surface area contributed by atoms with Crippen LogP contribution in [-0.4, -0.2) is 44.4 Å². The molecule has 1 fully saturated rings. The molecule has 0 aromatic carbocycles. The smallest absolute Gasteiger partial charge is 0.257 e. The number of Topliss-reactive ketones (excluding diaryl/α,β-unsaturated/α-hetero) is 1. The van der Waals surface area contributed by atoms with Crippen LogP contribution in [0.4, 0.5) is 0 Å². The summed E-state index contributed by atoms with van der Waals surface area (Å²) in [5.41, 5.74) is 2.01. The Kier molecular flexibility index (Phi) is 5.26. The summed E-state index contributed by atoms with van der Waals surface area (Å²) < 4.78 is 1.87. The van der Waals surface area contributed by atoms with E-state index >= 15 is 0 Å². The number of rotatable bonds is 5. The Hall–Kier alpha value is -2.50. The number of ketones is 1. The first-order valence-electron chi connectivity index (χ1n) is 8.88. The summed E-state index contributed by atoms with van der Waals surface area (Å²) in [5.74, 6) is -0.187. The summed E-state index contributed by atoms with van der Waals surface area (Å²) in [6, 6.07) is 5.35. The zero-order chi connectivity index (χ0) is 17.8. The first-order valence-corrected chi connectivity index (χ1v) is 8.88. The standard InChI is InChI=1S/C19H24N4O2/c1-3-10-23-14(2)16(12-21-23)19(25)22-11-6-7-15(13-22)18(24)17-8-4-5-9-20-17/h4-5,8-9,12,15H,3,6-7,10-11,13H2,1-2H3/t15-/m1/s1. The number of aromatic nitrogens is 3. The van der Waals surface area contributed by atoms with Crippen molar-refractivity contribution in [2.45, 2.75) is 39.7 Å². The summed E-state index contributed by atoms with van der Waals surface area (Å²) in [4.78, 5) is 31.5. The molecular formula is C19H24N4O2. The molecular weight excluding hydrogens is 316 g/mol. The van der Waals surface area contributed by atoms with Gasteiger partial charge in [-0.3, -0.25) is 19.3 Å². The number of hydrogen-bond donors (Lipinski definition) is 0. The molecule has 0 spiro atoms. The maximum absolute atomic E-state index is 12.9. The predicted molar refractivity (Wildman–Crippen MR) is 94.5 cm³/mol. The minimum atomic E-state index is -0.182. The van der Waals surface area contributed by atoms with Crippen molar-refractivity contribution in [1.82, 2.24) is 19.7 Å². The fraction of sp³-hybridized carbons (Fsp3) is 0.474. The molecule has 0 saturated carbocycles. The van der Waals surface area contributed by atoms with E-state index in [1.165, 1.54) is 0 Å². The molecule has 2 aromatic heterocycles.